The number of carbonyl (C=O) groups excluding carboxylic acids is 1. The molecule has 1 amide bonds. The number of carboxylic acids is 1. The van der Waals surface area contributed by atoms with Gasteiger partial charge in [-0.25, -0.2) is 9.78 Å². The third-order valence-corrected chi connectivity index (χ3v) is 2.87. The first-order valence-corrected chi connectivity index (χ1v) is 6.25. The molecule has 0 bridgehead atoms. The Labute approximate surface area is 115 Å². The molecule has 6 nitrogen and oxygen atoms in total. The van der Waals surface area contributed by atoms with Crippen LogP contribution in [0.15, 0.2) is 36.7 Å². The van der Waals surface area contributed by atoms with Crippen molar-refractivity contribution in [3.05, 3.63) is 42.4 Å². The zero-order valence-corrected chi connectivity index (χ0v) is 11.0. The van der Waals surface area contributed by atoms with Gasteiger partial charge in [-0.2, -0.15) is 0 Å². The Kier molecular flexibility index (Phi) is 4.14. The molecule has 0 saturated carbocycles. The van der Waals surface area contributed by atoms with Crippen LogP contribution in [0.3, 0.4) is 0 Å². The molecule has 0 fully saturated rings. The molecule has 1 atom stereocenters. The number of rotatable bonds is 5. The number of fused-ring (bicyclic) bond motifs is 1. The van der Waals surface area contributed by atoms with Gasteiger partial charge >= 0.3 is 5.97 Å². The van der Waals surface area contributed by atoms with Gasteiger partial charge in [0, 0.05) is 12.3 Å². The standard InChI is InChI=1S/C14H15N3O3/c1-2-11(14(19)20)16-13(18)7-6-10-9-15-12-5-3-4-8-17(10)12/h3-9,11H,2H2,1H3,(H,16,18)(H,19,20)/b7-6+. The van der Waals surface area contributed by atoms with Gasteiger partial charge < -0.3 is 14.8 Å². The number of hydrogen-bond donors (Lipinski definition) is 2. The Hall–Kier alpha value is -2.63. The Morgan fingerprint density at radius 3 is 3.00 bits per heavy atom. The fourth-order valence-electron chi connectivity index (χ4n) is 1.79. The van der Waals surface area contributed by atoms with Gasteiger partial charge in [-0.3, -0.25) is 4.79 Å². The maximum atomic E-state index is 11.7. The number of nitrogens with zero attached hydrogens (tertiary/aromatic N) is 2. The first-order chi connectivity index (χ1) is 9.61. The van der Waals surface area contributed by atoms with Gasteiger partial charge in [0.1, 0.15) is 11.7 Å². The van der Waals surface area contributed by atoms with E-state index in [4.69, 9.17) is 5.11 Å². The molecule has 6 heteroatoms. The minimum atomic E-state index is -1.04. The molecule has 0 saturated heterocycles. The zero-order valence-electron chi connectivity index (χ0n) is 11.0. The van der Waals surface area contributed by atoms with Crippen molar-refractivity contribution in [2.75, 3.05) is 0 Å². The van der Waals surface area contributed by atoms with E-state index >= 15 is 0 Å². The quantitative estimate of drug-likeness (QED) is 0.805. The van der Waals surface area contributed by atoms with E-state index < -0.39 is 17.9 Å². The second kappa shape index (κ2) is 6.01. The fourth-order valence-corrected chi connectivity index (χ4v) is 1.79. The fraction of sp³-hybridized carbons (Fsp3) is 0.214. The van der Waals surface area contributed by atoms with Gasteiger partial charge in [-0.15, -0.1) is 0 Å². The average molecular weight is 273 g/mol. The first kappa shape index (κ1) is 13.8. The van der Waals surface area contributed by atoms with Crippen LogP contribution in [0.4, 0.5) is 0 Å². The van der Waals surface area contributed by atoms with Crippen LogP contribution in [0.1, 0.15) is 19.0 Å². The van der Waals surface area contributed by atoms with E-state index in [1.807, 2.05) is 28.8 Å². The smallest absolute Gasteiger partial charge is 0.326 e. The molecule has 2 N–H and O–H groups in total. The predicted octanol–water partition coefficient (Wildman–Crippen LogP) is 1.33. The van der Waals surface area contributed by atoms with Crippen LogP contribution < -0.4 is 5.32 Å². The number of nitrogens with one attached hydrogen (secondary N) is 1. The molecular formula is C14H15N3O3. The zero-order chi connectivity index (χ0) is 14.5. The van der Waals surface area contributed by atoms with Crippen molar-refractivity contribution in [3.8, 4) is 0 Å². The molecule has 104 valence electrons. The first-order valence-electron chi connectivity index (χ1n) is 6.25. The highest BCUT2D eigenvalue weighted by Gasteiger charge is 2.15. The van der Waals surface area contributed by atoms with E-state index in [9.17, 15) is 9.59 Å². The number of carboxylic acid groups (broad SMARTS) is 1. The predicted molar refractivity (Wildman–Crippen MR) is 74.1 cm³/mol. The molecule has 1 unspecified atom stereocenters. The summed E-state index contributed by atoms with van der Waals surface area (Å²) in [5, 5.41) is 11.3. The third kappa shape index (κ3) is 3.03. The van der Waals surface area contributed by atoms with Crippen LogP contribution in [-0.4, -0.2) is 32.4 Å². The van der Waals surface area contributed by atoms with Gasteiger partial charge in [0.05, 0.1) is 11.9 Å². The van der Waals surface area contributed by atoms with E-state index in [1.165, 1.54) is 6.08 Å². The van der Waals surface area contributed by atoms with Crippen LogP contribution >= 0.6 is 0 Å². The summed E-state index contributed by atoms with van der Waals surface area (Å²) in [6, 6.07) is 4.73. The van der Waals surface area contributed by atoms with Crippen molar-refractivity contribution in [2.45, 2.75) is 19.4 Å². The van der Waals surface area contributed by atoms with Crippen molar-refractivity contribution in [2.24, 2.45) is 0 Å². The van der Waals surface area contributed by atoms with Gasteiger partial charge in [0.2, 0.25) is 5.91 Å². The molecule has 2 aromatic rings. The minimum Gasteiger partial charge on any atom is -0.480 e. The van der Waals surface area contributed by atoms with E-state index in [1.54, 1.807) is 19.2 Å². The lowest BCUT2D eigenvalue weighted by atomic mass is 10.2. The molecule has 0 spiro atoms. The van der Waals surface area contributed by atoms with E-state index in [0.717, 1.165) is 11.3 Å². The van der Waals surface area contributed by atoms with E-state index in [2.05, 4.69) is 10.3 Å². The number of imidazole rings is 1. The SMILES string of the molecule is CCC(NC(=O)/C=C/c1cnc2ccccn12)C(=O)O. The molecule has 0 aliphatic rings. The van der Waals surface area contributed by atoms with Crippen molar-refractivity contribution in [1.82, 2.24) is 14.7 Å². The van der Waals surface area contributed by atoms with Crippen molar-refractivity contribution >= 4 is 23.6 Å². The second-order valence-electron chi connectivity index (χ2n) is 4.25. The van der Waals surface area contributed by atoms with Gasteiger partial charge in [-0.1, -0.05) is 13.0 Å². The summed E-state index contributed by atoms with van der Waals surface area (Å²) in [5.41, 5.74) is 1.53. The summed E-state index contributed by atoms with van der Waals surface area (Å²) in [7, 11) is 0. The van der Waals surface area contributed by atoms with E-state index in [-0.39, 0.29) is 0 Å². The Morgan fingerprint density at radius 2 is 2.30 bits per heavy atom. The van der Waals surface area contributed by atoms with Crippen molar-refractivity contribution < 1.29 is 14.7 Å². The number of aromatic nitrogens is 2. The Morgan fingerprint density at radius 1 is 1.50 bits per heavy atom. The normalized spacial score (nSPS) is 12.7. The summed E-state index contributed by atoms with van der Waals surface area (Å²) in [6.45, 7) is 1.70. The van der Waals surface area contributed by atoms with Crippen LogP contribution in [0.25, 0.3) is 11.7 Å². The van der Waals surface area contributed by atoms with Crippen LogP contribution in [-0.2, 0) is 9.59 Å². The Bertz CT molecular complexity index is 660. The summed E-state index contributed by atoms with van der Waals surface area (Å²) in [5.74, 6) is -1.48. The summed E-state index contributed by atoms with van der Waals surface area (Å²) >= 11 is 0. The number of amides is 1. The van der Waals surface area contributed by atoms with Crippen LogP contribution in [0.5, 0.6) is 0 Å². The number of carbonyl (C=O) groups is 2. The highest BCUT2D eigenvalue weighted by molar-refractivity contribution is 5.94. The number of hydrogen-bond acceptors (Lipinski definition) is 3. The molecular weight excluding hydrogens is 258 g/mol. The van der Waals surface area contributed by atoms with Crippen LogP contribution in [0.2, 0.25) is 0 Å². The second-order valence-corrected chi connectivity index (χ2v) is 4.25. The number of aliphatic carboxylic acids is 1. The number of pyridine rings is 1. The van der Waals surface area contributed by atoms with Crippen molar-refractivity contribution in [3.63, 3.8) is 0 Å². The molecule has 0 radical (unpaired) electrons. The maximum absolute atomic E-state index is 11.7. The summed E-state index contributed by atoms with van der Waals surface area (Å²) in [6.07, 6.45) is 6.73. The van der Waals surface area contributed by atoms with E-state index in [0.29, 0.717) is 6.42 Å². The molecule has 2 rings (SSSR count). The molecule has 2 aromatic heterocycles. The van der Waals surface area contributed by atoms with Gasteiger partial charge in [0.15, 0.2) is 0 Å². The van der Waals surface area contributed by atoms with Gasteiger partial charge in [0.25, 0.3) is 0 Å². The summed E-state index contributed by atoms with van der Waals surface area (Å²) in [4.78, 5) is 26.7. The maximum Gasteiger partial charge on any atom is 0.326 e. The molecule has 0 aliphatic carbocycles. The monoisotopic (exact) mass is 273 g/mol. The molecule has 0 aliphatic heterocycles. The highest BCUT2D eigenvalue weighted by Crippen LogP contribution is 2.07. The third-order valence-electron chi connectivity index (χ3n) is 2.87. The lowest BCUT2D eigenvalue weighted by molar-refractivity contribution is -0.141. The molecule has 20 heavy (non-hydrogen) atoms. The summed E-state index contributed by atoms with van der Waals surface area (Å²) < 4.78 is 1.83. The van der Waals surface area contributed by atoms with Crippen molar-refractivity contribution in [1.29, 1.82) is 0 Å². The highest BCUT2D eigenvalue weighted by atomic mass is 16.4. The average Bonchev–Trinajstić information content (AvgIpc) is 2.85. The van der Waals surface area contributed by atoms with Gasteiger partial charge in [-0.05, 0) is 24.6 Å². The lowest BCUT2D eigenvalue weighted by Gasteiger charge is -2.09. The Balaban J connectivity index is 2.09. The largest absolute Gasteiger partial charge is 0.480 e. The lowest BCUT2D eigenvalue weighted by Crippen LogP contribution is -2.39. The molecule has 2 heterocycles. The molecule has 0 aromatic carbocycles. The minimum absolute atomic E-state index is 0.338. The van der Waals surface area contributed by atoms with Crippen LogP contribution in [0, 0.1) is 0 Å². The topological polar surface area (TPSA) is 83.7 Å².